The minimum Gasteiger partial charge on any atom is -0.493 e. The summed E-state index contributed by atoms with van der Waals surface area (Å²) < 4.78 is 10.9. The number of ether oxygens (including phenoxy) is 2. The van der Waals surface area contributed by atoms with Crippen molar-refractivity contribution in [1.29, 1.82) is 0 Å². The lowest BCUT2D eigenvalue weighted by Gasteiger charge is -2.13. The molecule has 2 aromatic rings. The number of methoxy groups -OCH3 is 1. The molecule has 0 saturated heterocycles. The molecule has 0 radical (unpaired) electrons. The lowest BCUT2D eigenvalue weighted by molar-refractivity contribution is 0.209. The second-order valence-electron chi connectivity index (χ2n) is 5.14. The molecule has 0 aliphatic carbocycles. The van der Waals surface area contributed by atoms with Gasteiger partial charge in [-0.05, 0) is 26.0 Å². The Morgan fingerprint density at radius 3 is 2.64 bits per heavy atom. The van der Waals surface area contributed by atoms with Crippen LogP contribution in [0.4, 0.5) is 20.4 Å². The molecule has 9 nitrogen and oxygen atoms in total. The van der Waals surface area contributed by atoms with Crippen LogP contribution in [0.3, 0.4) is 0 Å². The zero-order valence-electron chi connectivity index (χ0n) is 13.8. The highest BCUT2D eigenvalue weighted by molar-refractivity contribution is 7.17. The quantitative estimate of drug-likeness (QED) is 0.620. The summed E-state index contributed by atoms with van der Waals surface area (Å²) in [5.41, 5.74) is 0.542. The number of carbonyl (C=O) groups is 2. The lowest BCUT2D eigenvalue weighted by Crippen LogP contribution is -2.34. The molecule has 134 valence electrons. The number of carbonyl (C=O) groups excluding carboxylic acids is 1. The fourth-order valence-corrected chi connectivity index (χ4v) is 2.49. The first-order valence-electron chi connectivity index (χ1n) is 7.26. The third kappa shape index (κ3) is 5.53. The molecule has 0 unspecified atom stereocenters. The van der Waals surface area contributed by atoms with Gasteiger partial charge in [0.2, 0.25) is 5.06 Å². The Hall–Kier alpha value is -3.01. The summed E-state index contributed by atoms with van der Waals surface area (Å²) in [6, 6.07) is 4.61. The van der Waals surface area contributed by atoms with E-state index < -0.39 is 6.09 Å². The van der Waals surface area contributed by atoms with Crippen molar-refractivity contribution in [1.82, 2.24) is 10.3 Å². The molecule has 2 rings (SSSR count). The topological polar surface area (TPSA) is 122 Å². The van der Waals surface area contributed by atoms with Crippen LogP contribution in [0, 0.1) is 0 Å². The van der Waals surface area contributed by atoms with Crippen LogP contribution in [0.2, 0.25) is 0 Å². The molecule has 10 heteroatoms. The smallest absolute Gasteiger partial charge is 0.410 e. The van der Waals surface area contributed by atoms with Crippen molar-refractivity contribution in [3.63, 3.8) is 0 Å². The van der Waals surface area contributed by atoms with E-state index in [2.05, 4.69) is 20.9 Å². The highest BCUT2D eigenvalue weighted by atomic mass is 32.1. The second kappa shape index (κ2) is 8.20. The van der Waals surface area contributed by atoms with Gasteiger partial charge < -0.3 is 25.2 Å². The third-order valence-electron chi connectivity index (χ3n) is 2.75. The molecule has 0 fully saturated rings. The van der Waals surface area contributed by atoms with Gasteiger partial charge in [-0.2, -0.15) is 0 Å². The maximum Gasteiger partial charge on any atom is 0.410 e. The minimum atomic E-state index is -1.20. The van der Waals surface area contributed by atoms with Gasteiger partial charge in [-0.15, -0.1) is 0 Å². The Kier molecular flexibility index (Phi) is 6.01. The van der Waals surface area contributed by atoms with Gasteiger partial charge >= 0.3 is 12.1 Å². The third-order valence-corrected chi connectivity index (χ3v) is 3.54. The van der Waals surface area contributed by atoms with E-state index in [4.69, 9.17) is 14.6 Å². The zero-order chi connectivity index (χ0) is 18.4. The molecule has 3 amide bonds. The molecular formula is C15H18N4O5S. The van der Waals surface area contributed by atoms with Gasteiger partial charge in [-0.1, -0.05) is 11.3 Å². The number of aromatic nitrogens is 1. The first-order chi connectivity index (χ1) is 11.9. The van der Waals surface area contributed by atoms with Gasteiger partial charge in [0.15, 0.2) is 16.6 Å². The molecule has 0 aliphatic rings. The van der Waals surface area contributed by atoms with Gasteiger partial charge in [0.25, 0.3) is 0 Å². The summed E-state index contributed by atoms with van der Waals surface area (Å²) in [6.45, 7) is 3.72. The summed E-state index contributed by atoms with van der Waals surface area (Å²) in [4.78, 5) is 26.2. The van der Waals surface area contributed by atoms with Gasteiger partial charge in [-0.25, -0.2) is 14.6 Å². The van der Waals surface area contributed by atoms with Crippen LogP contribution in [0.1, 0.15) is 13.8 Å². The minimum absolute atomic E-state index is 0.0180. The Labute approximate surface area is 148 Å². The molecule has 0 atom stereocenters. The normalized spacial score (nSPS) is 10.2. The van der Waals surface area contributed by atoms with E-state index in [9.17, 15) is 9.59 Å². The number of amides is 3. The highest BCUT2D eigenvalue weighted by Crippen LogP contribution is 2.37. The Morgan fingerprint density at radius 2 is 2.00 bits per heavy atom. The number of nitrogens with one attached hydrogen (secondary N) is 3. The van der Waals surface area contributed by atoms with Crippen LogP contribution >= 0.6 is 11.3 Å². The number of thiazole rings is 1. The summed E-state index contributed by atoms with van der Waals surface area (Å²) in [7, 11) is 1.48. The average Bonchev–Trinajstić information content (AvgIpc) is 2.94. The fourth-order valence-electron chi connectivity index (χ4n) is 1.82. The molecule has 1 heterocycles. The van der Waals surface area contributed by atoms with Crippen LogP contribution < -0.4 is 25.4 Å². The number of anilines is 2. The standard InChI is InChI=1S/C15H18N4O5S/c1-8(2)17-13(20)18-9-4-5-10(11(6-9)23-3)24-12-7-16-14(25-12)19-15(21)22/h4-8H,1-3H3,(H,16,19)(H,21,22)(H2,17,18,20). The molecule has 1 aromatic carbocycles. The molecule has 0 saturated carbocycles. The van der Waals surface area contributed by atoms with Crippen molar-refractivity contribution in [3.8, 4) is 16.6 Å². The van der Waals surface area contributed by atoms with Crippen LogP contribution in [0.25, 0.3) is 0 Å². The lowest BCUT2D eigenvalue weighted by atomic mass is 10.2. The summed E-state index contributed by atoms with van der Waals surface area (Å²) in [5, 5.41) is 16.8. The predicted octanol–water partition coefficient (Wildman–Crippen LogP) is 3.56. The number of hydrogen-bond donors (Lipinski definition) is 4. The van der Waals surface area contributed by atoms with E-state index in [0.29, 0.717) is 22.2 Å². The van der Waals surface area contributed by atoms with Crippen molar-refractivity contribution in [2.45, 2.75) is 19.9 Å². The van der Waals surface area contributed by atoms with Crippen LogP contribution in [-0.2, 0) is 0 Å². The summed E-state index contributed by atoms with van der Waals surface area (Å²) in [5.74, 6) is 0.811. The average molecular weight is 366 g/mol. The van der Waals surface area contributed by atoms with E-state index in [0.717, 1.165) is 11.3 Å². The van der Waals surface area contributed by atoms with Gasteiger partial charge in [-0.3, -0.25) is 5.32 Å². The van der Waals surface area contributed by atoms with Gasteiger partial charge in [0.05, 0.1) is 13.3 Å². The van der Waals surface area contributed by atoms with E-state index in [1.54, 1.807) is 18.2 Å². The zero-order valence-corrected chi connectivity index (χ0v) is 14.6. The van der Waals surface area contributed by atoms with E-state index in [1.807, 2.05) is 13.8 Å². The maximum absolute atomic E-state index is 11.7. The van der Waals surface area contributed by atoms with E-state index in [-0.39, 0.29) is 17.2 Å². The van der Waals surface area contributed by atoms with Crippen molar-refractivity contribution >= 4 is 34.3 Å². The van der Waals surface area contributed by atoms with Crippen molar-refractivity contribution < 1.29 is 24.2 Å². The van der Waals surface area contributed by atoms with Crippen molar-refractivity contribution in [2.75, 3.05) is 17.7 Å². The maximum atomic E-state index is 11.7. The van der Waals surface area contributed by atoms with Gasteiger partial charge in [0, 0.05) is 17.8 Å². The molecular weight excluding hydrogens is 348 g/mol. The number of nitrogens with zero attached hydrogens (tertiary/aromatic N) is 1. The highest BCUT2D eigenvalue weighted by Gasteiger charge is 2.12. The molecule has 0 spiro atoms. The predicted molar refractivity (Wildman–Crippen MR) is 94.1 cm³/mol. The monoisotopic (exact) mass is 366 g/mol. The van der Waals surface area contributed by atoms with E-state index in [1.165, 1.54) is 13.3 Å². The van der Waals surface area contributed by atoms with Crippen LogP contribution in [0.15, 0.2) is 24.4 Å². The number of hydrogen-bond acceptors (Lipinski definition) is 6. The molecule has 1 aromatic heterocycles. The Morgan fingerprint density at radius 1 is 1.24 bits per heavy atom. The number of urea groups is 1. The molecule has 0 bridgehead atoms. The summed E-state index contributed by atoms with van der Waals surface area (Å²) >= 11 is 1.04. The van der Waals surface area contributed by atoms with Crippen LogP contribution in [0.5, 0.6) is 16.6 Å². The van der Waals surface area contributed by atoms with Crippen molar-refractivity contribution in [3.05, 3.63) is 24.4 Å². The Bertz CT molecular complexity index is 762. The second-order valence-corrected chi connectivity index (χ2v) is 6.13. The first kappa shape index (κ1) is 18.3. The number of benzene rings is 1. The number of rotatable bonds is 6. The van der Waals surface area contributed by atoms with Gasteiger partial charge in [0.1, 0.15) is 0 Å². The fraction of sp³-hybridized carbons (Fsp3) is 0.267. The molecule has 0 aliphatic heterocycles. The molecule has 4 N–H and O–H groups in total. The number of carboxylic acid groups (broad SMARTS) is 1. The first-order valence-corrected chi connectivity index (χ1v) is 8.08. The Balaban J connectivity index is 2.09. The van der Waals surface area contributed by atoms with Crippen molar-refractivity contribution in [2.24, 2.45) is 0 Å². The molecule has 25 heavy (non-hydrogen) atoms. The van der Waals surface area contributed by atoms with Crippen LogP contribution in [-0.4, -0.2) is 35.4 Å². The summed E-state index contributed by atoms with van der Waals surface area (Å²) in [6.07, 6.45) is 0.200. The SMILES string of the molecule is COc1cc(NC(=O)NC(C)C)ccc1Oc1cnc(NC(=O)O)s1. The van der Waals surface area contributed by atoms with E-state index >= 15 is 0 Å². The largest absolute Gasteiger partial charge is 0.493 e.